The Labute approximate surface area is 115 Å². The average Bonchev–Trinajstić information content (AvgIpc) is 2.45. The molecule has 20 heavy (non-hydrogen) atoms. The Morgan fingerprint density at radius 2 is 1.55 bits per heavy atom. The van der Waals surface area contributed by atoms with Gasteiger partial charge in [0.05, 0.1) is 7.11 Å². The number of hydrogen-bond donors (Lipinski definition) is 0. The molecule has 0 aliphatic heterocycles. The van der Waals surface area contributed by atoms with Gasteiger partial charge >= 0.3 is 6.98 Å². The SMILES string of the molecule is COc1ccc(/C=C\c2cccc([B-](F)(F)F)c2)cc1. The van der Waals surface area contributed by atoms with E-state index in [0.29, 0.717) is 5.56 Å². The number of hydrogen-bond acceptors (Lipinski definition) is 1. The fraction of sp³-hybridized carbons (Fsp3) is 0.0667. The Morgan fingerprint density at radius 3 is 2.15 bits per heavy atom. The molecular weight excluding hydrogens is 264 g/mol. The third-order valence-corrected chi connectivity index (χ3v) is 2.87. The summed E-state index contributed by atoms with van der Waals surface area (Å²) in [7, 11) is 1.58. The maximum absolute atomic E-state index is 12.6. The normalized spacial score (nSPS) is 11.8. The van der Waals surface area contributed by atoms with Crippen LogP contribution in [0.2, 0.25) is 0 Å². The molecule has 2 aromatic rings. The molecule has 0 N–H and O–H groups in total. The summed E-state index contributed by atoms with van der Waals surface area (Å²) in [6, 6.07) is 12.6. The molecule has 0 heterocycles. The van der Waals surface area contributed by atoms with Gasteiger partial charge in [-0.25, -0.2) is 0 Å². The summed E-state index contributed by atoms with van der Waals surface area (Å²) in [6.45, 7) is -4.95. The lowest BCUT2D eigenvalue weighted by atomic mass is 9.79. The minimum absolute atomic E-state index is 0.525. The van der Waals surface area contributed by atoms with E-state index in [1.54, 1.807) is 37.5 Å². The number of halogens is 3. The molecule has 0 atom stereocenters. The summed E-state index contributed by atoms with van der Waals surface area (Å²) in [6.07, 6.45) is 3.43. The Balaban J connectivity index is 2.18. The number of benzene rings is 2. The van der Waals surface area contributed by atoms with Crippen molar-refractivity contribution in [2.24, 2.45) is 0 Å². The second-order valence-corrected chi connectivity index (χ2v) is 4.35. The van der Waals surface area contributed by atoms with Crippen LogP contribution in [0, 0.1) is 0 Å². The van der Waals surface area contributed by atoms with Gasteiger partial charge in [0.1, 0.15) is 5.75 Å². The van der Waals surface area contributed by atoms with Crippen molar-refractivity contribution in [2.45, 2.75) is 0 Å². The molecule has 0 saturated carbocycles. The molecule has 0 radical (unpaired) electrons. The predicted molar refractivity (Wildman–Crippen MR) is 77.1 cm³/mol. The standard InChI is InChI=1S/C15H13BF3O/c1-20-15-9-7-12(8-10-15)5-6-13-3-2-4-14(11-13)16(17,18)19/h2-11H,1H3/q-1/b6-5-. The van der Waals surface area contributed by atoms with Crippen molar-refractivity contribution in [3.8, 4) is 5.75 Å². The lowest BCUT2D eigenvalue weighted by Crippen LogP contribution is -2.33. The Hall–Kier alpha value is -2.17. The second-order valence-electron chi connectivity index (χ2n) is 4.35. The van der Waals surface area contributed by atoms with E-state index >= 15 is 0 Å². The lowest BCUT2D eigenvalue weighted by molar-refractivity contribution is 0.415. The van der Waals surface area contributed by atoms with Gasteiger partial charge in [0.2, 0.25) is 0 Å². The van der Waals surface area contributed by atoms with Crippen LogP contribution in [0.5, 0.6) is 5.75 Å². The maximum Gasteiger partial charge on any atom is 0.509 e. The highest BCUT2D eigenvalue weighted by molar-refractivity contribution is 6.73. The average molecular weight is 277 g/mol. The molecule has 1 nitrogen and oxygen atoms in total. The molecule has 0 amide bonds. The molecule has 2 rings (SSSR count). The Kier molecular flexibility index (Phi) is 4.18. The summed E-state index contributed by atoms with van der Waals surface area (Å²) in [5, 5.41) is 0. The van der Waals surface area contributed by atoms with E-state index in [9.17, 15) is 12.9 Å². The summed E-state index contributed by atoms with van der Waals surface area (Å²) in [4.78, 5) is 0. The highest BCUT2D eigenvalue weighted by atomic mass is 19.4. The van der Waals surface area contributed by atoms with E-state index in [4.69, 9.17) is 4.74 Å². The summed E-state index contributed by atoms with van der Waals surface area (Å²) >= 11 is 0. The van der Waals surface area contributed by atoms with Gasteiger partial charge < -0.3 is 17.7 Å². The molecular formula is C15H13BF3O-. The van der Waals surface area contributed by atoms with Crippen molar-refractivity contribution in [3.05, 3.63) is 59.7 Å². The zero-order chi connectivity index (χ0) is 14.6. The van der Waals surface area contributed by atoms with Crippen molar-refractivity contribution in [3.63, 3.8) is 0 Å². The van der Waals surface area contributed by atoms with E-state index in [1.165, 1.54) is 6.07 Å². The molecule has 5 heteroatoms. The van der Waals surface area contributed by atoms with E-state index in [1.807, 2.05) is 12.1 Å². The molecule has 0 aromatic heterocycles. The number of ether oxygens (including phenoxy) is 1. The topological polar surface area (TPSA) is 9.23 Å². The Bertz CT molecular complexity index is 603. The summed E-state index contributed by atoms with van der Waals surface area (Å²) < 4.78 is 43.0. The first-order valence-corrected chi connectivity index (χ1v) is 6.11. The highest BCUT2D eigenvalue weighted by Crippen LogP contribution is 2.15. The third-order valence-electron chi connectivity index (χ3n) is 2.87. The smallest absolute Gasteiger partial charge is 0.497 e. The van der Waals surface area contributed by atoms with E-state index in [0.717, 1.165) is 23.4 Å². The van der Waals surface area contributed by atoms with Gasteiger partial charge in [0.25, 0.3) is 0 Å². The first kappa shape index (κ1) is 14.2. The minimum Gasteiger partial charge on any atom is -0.497 e. The van der Waals surface area contributed by atoms with Crippen LogP contribution in [0.15, 0.2) is 48.5 Å². The van der Waals surface area contributed by atoms with Crippen LogP contribution in [0.3, 0.4) is 0 Å². The van der Waals surface area contributed by atoms with Gasteiger partial charge in [-0.1, -0.05) is 48.6 Å². The summed E-state index contributed by atoms with van der Waals surface area (Å²) in [5.74, 6) is 0.740. The van der Waals surface area contributed by atoms with Crippen LogP contribution in [-0.4, -0.2) is 14.1 Å². The molecule has 0 bridgehead atoms. The molecule has 2 aromatic carbocycles. The molecule has 0 aliphatic rings. The van der Waals surface area contributed by atoms with E-state index in [-0.39, 0.29) is 0 Å². The minimum atomic E-state index is -4.95. The Morgan fingerprint density at radius 1 is 0.900 bits per heavy atom. The quantitative estimate of drug-likeness (QED) is 0.608. The largest absolute Gasteiger partial charge is 0.509 e. The maximum atomic E-state index is 12.6. The number of rotatable bonds is 4. The van der Waals surface area contributed by atoms with Crippen molar-refractivity contribution in [1.29, 1.82) is 0 Å². The van der Waals surface area contributed by atoms with Gasteiger partial charge in [0, 0.05) is 0 Å². The first-order valence-electron chi connectivity index (χ1n) is 6.11. The van der Waals surface area contributed by atoms with Crippen LogP contribution >= 0.6 is 0 Å². The van der Waals surface area contributed by atoms with Crippen molar-refractivity contribution >= 4 is 24.6 Å². The molecule has 0 fully saturated rings. The fourth-order valence-electron chi connectivity index (χ4n) is 1.77. The fourth-order valence-corrected chi connectivity index (χ4v) is 1.77. The van der Waals surface area contributed by atoms with Gasteiger partial charge in [-0.15, -0.1) is 5.46 Å². The van der Waals surface area contributed by atoms with Gasteiger partial charge in [-0.3, -0.25) is 0 Å². The molecule has 0 saturated heterocycles. The first-order chi connectivity index (χ1) is 9.49. The van der Waals surface area contributed by atoms with Crippen molar-refractivity contribution < 1.29 is 17.7 Å². The van der Waals surface area contributed by atoms with Crippen molar-refractivity contribution in [1.82, 2.24) is 0 Å². The third kappa shape index (κ3) is 3.67. The second kappa shape index (κ2) is 5.86. The van der Waals surface area contributed by atoms with Gasteiger partial charge in [0.15, 0.2) is 0 Å². The van der Waals surface area contributed by atoms with Crippen LogP contribution in [0.4, 0.5) is 12.9 Å². The summed E-state index contributed by atoms with van der Waals surface area (Å²) in [5.41, 5.74) is 0.841. The van der Waals surface area contributed by atoms with Crippen LogP contribution in [0.25, 0.3) is 12.2 Å². The molecule has 0 spiro atoms. The predicted octanol–water partition coefficient (Wildman–Crippen LogP) is 3.92. The van der Waals surface area contributed by atoms with E-state index in [2.05, 4.69) is 0 Å². The monoisotopic (exact) mass is 277 g/mol. The molecule has 104 valence electrons. The molecule has 0 unspecified atom stereocenters. The zero-order valence-corrected chi connectivity index (χ0v) is 10.9. The zero-order valence-electron chi connectivity index (χ0n) is 10.9. The van der Waals surface area contributed by atoms with Crippen LogP contribution < -0.4 is 10.2 Å². The lowest BCUT2D eigenvalue weighted by Gasteiger charge is -2.14. The van der Waals surface area contributed by atoms with Gasteiger partial charge in [-0.05, 0) is 23.3 Å². The van der Waals surface area contributed by atoms with Crippen molar-refractivity contribution in [2.75, 3.05) is 7.11 Å². The van der Waals surface area contributed by atoms with Crippen LogP contribution in [-0.2, 0) is 0 Å². The highest BCUT2D eigenvalue weighted by Gasteiger charge is 2.24. The molecule has 0 aliphatic carbocycles. The van der Waals surface area contributed by atoms with E-state index < -0.39 is 12.4 Å². The van der Waals surface area contributed by atoms with Crippen LogP contribution in [0.1, 0.15) is 11.1 Å². The van der Waals surface area contributed by atoms with Gasteiger partial charge in [-0.2, -0.15) is 0 Å². The number of methoxy groups -OCH3 is 1.